The first kappa shape index (κ1) is 15.4. The predicted octanol–water partition coefficient (Wildman–Crippen LogP) is 2.06. The van der Waals surface area contributed by atoms with Crippen molar-refractivity contribution in [3.8, 4) is 0 Å². The number of benzene rings is 1. The maximum absolute atomic E-state index is 13.7. The third kappa shape index (κ3) is 3.48. The highest BCUT2D eigenvalue weighted by Crippen LogP contribution is 2.13. The smallest absolute Gasteiger partial charge is 0.256 e. The molecule has 2 heterocycles. The highest BCUT2D eigenvalue weighted by atomic mass is 19.1. The van der Waals surface area contributed by atoms with Crippen molar-refractivity contribution < 1.29 is 18.4 Å². The van der Waals surface area contributed by atoms with Gasteiger partial charge in [-0.2, -0.15) is 0 Å². The Kier molecular flexibility index (Phi) is 4.52. The van der Waals surface area contributed by atoms with Gasteiger partial charge in [0.05, 0.1) is 18.4 Å². The zero-order valence-electron chi connectivity index (χ0n) is 12.6. The van der Waals surface area contributed by atoms with Gasteiger partial charge in [-0.25, -0.2) is 4.39 Å². The zero-order chi connectivity index (χ0) is 16.2. The van der Waals surface area contributed by atoms with Crippen molar-refractivity contribution in [1.82, 2.24) is 9.80 Å². The summed E-state index contributed by atoms with van der Waals surface area (Å²) in [5.41, 5.74) is 0.0904. The Labute approximate surface area is 133 Å². The Morgan fingerprint density at radius 1 is 1.04 bits per heavy atom. The number of hydrogen-bond donors (Lipinski definition) is 0. The molecule has 1 amide bonds. The first-order chi connectivity index (χ1) is 11.1. The van der Waals surface area contributed by atoms with E-state index in [2.05, 4.69) is 0 Å². The minimum Gasteiger partial charge on any atom is -0.461 e. The molecule has 3 rings (SSSR count). The maximum atomic E-state index is 13.7. The van der Waals surface area contributed by atoms with Crippen LogP contribution >= 0.6 is 0 Å². The molecular weight excluding hydrogens is 299 g/mol. The molecule has 1 aromatic carbocycles. The summed E-state index contributed by atoms with van der Waals surface area (Å²) in [5, 5.41) is 0. The minimum atomic E-state index is -0.507. The van der Waals surface area contributed by atoms with Crippen LogP contribution in [-0.4, -0.2) is 54.2 Å². The third-order valence-electron chi connectivity index (χ3n) is 3.93. The van der Waals surface area contributed by atoms with Gasteiger partial charge in [-0.1, -0.05) is 12.1 Å². The van der Waals surface area contributed by atoms with Crippen LogP contribution in [0, 0.1) is 5.82 Å². The van der Waals surface area contributed by atoms with Gasteiger partial charge in [0.1, 0.15) is 5.82 Å². The van der Waals surface area contributed by atoms with Crippen LogP contribution in [0.1, 0.15) is 20.9 Å². The topological polar surface area (TPSA) is 53.8 Å². The molecule has 0 unspecified atom stereocenters. The summed E-state index contributed by atoms with van der Waals surface area (Å²) in [4.78, 5) is 27.9. The standard InChI is InChI=1S/C17H17FN2O3/c18-14-5-2-1-4-13(14)17(22)20-9-7-19(8-10-20)12-15(21)16-6-3-11-23-16/h1-6,11H,7-10,12H2. The first-order valence-corrected chi connectivity index (χ1v) is 7.48. The van der Waals surface area contributed by atoms with Gasteiger partial charge in [-0.15, -0.1) is 0 Å². The lowest BCUT2D eigenvalue weighted by molar-refractivity contribution is 0.0616. The van der Waals surface area contributed by atoms with Crippen LogP contribution in [0.25, 0.3) is 0 Å². The molecule has 0 saturated carbocycles. The molecule has 1 aliphatic rings. The normalized spacial score (nSPS) is 15.6. The van der Waals surface area contributed by atoms with Crippen molar-refractivity contribution in [2.45, 2.75) is 0 Å². The molecule has 0 N–H and O–H groups in total. The van der Waals surface area contributed by atoms with Gasteiger partial charge in [0.25, 0.3) is 5.91 Å². The van der Waals surface area contributed by atoms with E-state index in [1.807, 2.05) is 4.90 Å². The van der Waals surface area contributed by atoms with Gasteiger partial charge in [0, 0.05) is 26.2 Å². The van der Waals surface area contributed by atoms with Crippen LogP contribution in [0.4, 0.5) is 4.39 Å². The molecule has 1 fully saturated rings. The number of amides is 1. The van der Waals surface area contributed by atoms with Crippen LogP contribution < -0.4 is 0 Å². The second-order valence-electron chi connectivity index (χ2n) is 5.45. The van der Waals surface area contributed by atoms with Crippen molar-refractivity contribution in [3.63, 3.8) is 0 Å². The van der Waals surface area contributed by atoms with Gasteiger partial charge in [-0.05, 0) is 24.3 Å². The van der Waals surface area contributed by atoms with Crippen molar-refractivity contribution in [3.05, 3.63) is 59.8 Å². The molecule has 2 aromatic rings. The molecule has 120 valence electrons. The van der Waals surface area contributed by atoms with Crippen molar-refractivity contribution >= 4 is 11.7 Å². The zero-order valence-corrected chi connectivity index (χ0v) is 12.6. The van der Waals surface area contributed by atoms with Crippen molar-refractivity contribution in [2.24, 2.45) is 0 Å². The highest BCUT2D eigenvalue weighted by molar-refractivity contribution is 5.95. The van der Waals surface area contributed by atoms with Gasteiger partial charge < -0.3 is 9.32 Å². The van der Waals surface area contributed by atoms with Crippen LogP contribution in [-0.2, 0) is 0 Å². The second kappa shape index (κ2) is 6.75. The van der Waals surface area contributed by atoms with Crippen LogP contribution in [0.15, 0.2) is 47.1 Å². The number of ketones is 1. The number of rotatable bonds is 4. The number of hydrogen-bond acceptors (Lipinski definition) is 4. The Bertz CT molecular complexity index is 692. The number of nitrogens with zero attached hydrogens (tertiary/aromatic N) is 2. The van der Waals surface area contributed by atoms with Gasteiger partial charge >= 0.3 is 0 Å². The number of piperazine rings is 1. The number of Topliss-reactive ketones (excluding diaryl/α,β-unsaturated/α-hetero) is 1. The van der Waals surface area contributed by atoms with E-state index in [4.69, 9.17) is 4.42 Å². The summed E-state index contributed by atoms with van der Waals surface area (Å²) in [6.45, 7) is 2.35. The lowest BCUT2D eigenvalue weighted by atomic mass is 10.1. The number of carbonyl (C=O) groups excluding carboxylic acids is 2. The molecule has 6 heteroatoms. The Balaban J connectivity index is 1.55. The van der Waals surface area contributed by atoms with Crippen LogP contribution in [0.2, 0.25) is 0 Å². The number of furan rings is 1. The Morgan fingerprint density at radius 2 is 1.78 bits per heavy atom. The van der Waals surface area contributed by atoms with Crippen molar-refractivity contribution in [2.75, 3.05) is 32.7 Å². The van der Waals surface area contributed by atoms with E-state index in [-0.39, 0.29) is 23.8 Å². The van der Waals surface area contributed by atoms with E-state index in [1.54, 1.807) is 29.2 Å². The molecule has 1 aliphatic heterocycles. The second-order valence-corrected chi connectivity index (χ2v) is 5.45. The number of halogens is 1. The third-order valence-corrected chi connectivity index (χ3v) is 3.93. The molecule has 5 nitrogen and oxygen atoms in total. The van der Waals surface area contributed by atoms with Crippen LogP contribution in [0.3, 0.4) is 0 Å². The fraction of sp³-hybridized carbons (Fsp3) is 0.294. The van der Waals surface area contributed by atoms with E-state index in [0.717, 1.165) is 0 Å². The van der Waals surface area contributed by atoms with Gasteiger partial charge in [0.2, 0.25) is 5.78 Å². The minimum absolute atomic E-state index is 0.0797. The summed E-state index contributed by atoms with van der Waals surface area (Å²) >= 11 is 0. The summed E-state index contributed by atoms with van der Waals surface area (Å²) in [6, 6.07) is 9.30. The van der Waals surface area contributed by atoms with Gasteiger partial charge in [0.15, 0.2) is 5.76 Å². The molecule has 1 aromatic heterocycles. The summed E-state index contributed by atoms with van der Waals surface area (Å²) < 4.78 is 18.8. The average Bonchev–Trinajstić information content (AvgIpc) is 3.10. The van der Waals surface area contributed by atoms with Crippen LogP contribution in [0.5, 0.6) is 0 Å². The Morgan fingerprint density at radius 3 is 2.43 bits per heavy atom. The highest BCUT2D eigenvalue weighted by Gasteiger charge is 2.25. The lowest BCUT2D eigenvalue weighted by Gasteiger charge is -2.34. The molecule has 0 aliphatic carbocycles. The summed E-state index contributed by atoms with van der Waals surface area (Å²) in [7, 11) is 0. The molecule has 0 bridgehead atoms. The molecule has 0 spiro atoms. The summed E-state index contributed by atoms with van der Waals surface area (Å²) in [6.07, 6.45) is 1.47. The molecule has 0 radical (unpaired) electrons. The van der Waals surface area contributed by atoms with Gasteiger partial charge in [-0.3, -0.25) is 14.5 Å². The SMILES string of the molecule is O=C(CN1CCN(C(=O)c2ccccc2F)CC1)c1ccco1. The van der Waals surface area contributed by atoms with Crippen molar-refractivity contribution in [1.29, 1.82) is 0 Å². The predicted molar refractivity (Wildman–Crippen MR) is 81.8 cm³/mol. The number of carbonyl (C=O) groups is 2. The largest absolute Gasteiger partial charge is 0.461 e. The van der Waals surface area contributed by atoms with E-state index in [9.17, 15) is 14.0 Å². The molecular formula is C17H17FN2O3. The first-order valence-electron chi connectivity index (χ1n) is 7.48. The fourth-order valence-electron chi connectivity index (χ4n) is 2.63. The quantitative estimate of drug-likeness (QED) is 0.810. The summed E-state index contributed by atoms with van der Waals surface area (Å²) in [5.74, 6) is -0.549. The fourth-order valence-corrected chi connectivity index (χ4v) is 2.63. The Hall–Kier alpha value is -2.47. The maximum Gasteiger partial charge on any atom is 0.256 e. The van der Waals surface area contributed by atoms with E-state index >= 15 is 0 Å². The van der Waals surface area contributed by atoms with E-state index in [0.29, 0.717) is 31.9 Å². The molecule has 1 saturated heterocycles. The lowest BCUT2D eigenvalue weighted by Crippen LogP contribution is -2.50. The monoisotopic (exact) mass is 316 g/mol. The molecule has 23 heavy (non-hydrogen) atoms. The van der Waals surface area contributed by atoms with E-state index < -0.39 is 5.82 Å². The molecule has 0 atom stereocenters. The average molecular weight is 316 g/mol. The van der Waals surface area contributed by atoms with E-state index in [1.165, 1.54) is 18.4 Å².